The van der Waals surface area contributed by atoms with Gasteiger partial charge in [0.2, 0.25) is 11.8 Å². The number of hydrogen-bond donors (Lipinski definition) is 0. The normalized spacial score (nSPS) is 26.1. The number of carbonyl (C=O) groups is 2. The second-order valence-corrected chi connectivity index (χ2v) is 6.97. The molecule has 2 rings (SSSR count). The van der Waals surface area contributed by atoms with Crippen molar-refractivity contribution in [3.63, 3.8) is 0 Å². The Labute approximate surface area is 116 Å². The van der Waals surface area contributed by atoms with E-state index in [1.54, 1.807) is 9.80 Å². The highest BCUT2D eigenvalue weighted by Gasteiger charge is 2.37. The van der Waals surface area contributed by atoms with Gasteiger partial charge in [0, 0.05) is 48.4 Å². The topological polar surface area (TPSA) is 57.7 Å². The van der Waals surface area contributed by atoms with Crippen molar-refractivity contribution in [2.45, 2.75) is 38.6 Å². The standard InChI is InChI=1S/C13H22N2O3S/c1-2-19(18)10-9-14-8-6-12(16)15-7-4-3-5-11(15)13(14)17/h11H,2-10H2,1H3. The lowest BCUT2D eigenvalue weighted by molar-refractivity contribution is -0.143. The smallest absolute Gasteiger partial charge is 0.245 e. The minimum atomic E-state index is -0.860. The summed E-state index contributed by atoms with van der Waals surface area (Å²) in [6.07, 6.45) is 3.18. The molecule has 0 spiro atoms. The third-order valence-corrected chi connectivity index (χ3v) is 5.21. The summed E-state index contributed by atoms with van der Waals surface area (Å²) in [5.41, 5.74) is 0. The number of piperidine rings is 1. The molecule has 2 saturated heterocycles. The predicted molar refractivity (Wildman–Crippen MR) is 74.1 cm³/mol. The monoisotopic (exact) mass is 286 g/mol. The third kappa shape index (κ3) is 3.35. The van der Waals surface area contributed by atoms with Gasteiger partial charge in [-0.3, -0.25) is 13.8 Å². The molecule has 108 valence electrons. The van der Waals surface area contributed by atoms with Crippen LogP contribution < -0.4 is 0 Å². The fourth-order valence-corrected chi connectivity index (χ4v) is 3.47. The van der Waals surface area contributed by atoms with E-state index in [1.807, 2.05) is 6.92 Å². The van der Waals surface area contributed by atoms with Crippen molar-refractivity contribution in [2.75, 3.05) is 31.1 Å². The van der Waals surface area contributed by atoms with Crippen LogP contribution in [-0.4, -0.2) is 63.0 Å². The molecule has 2 aliphatic heterocycles. The molecule has 2 amide bonds. The predicted octanol–water partition coefficient (Wildman–Crippen LogP) is 0.368. The number of carbonyl (C=O) groups excluding carboxylic acids is 2. The van der Waals surface area contributed by atoms with Crippen molar-refractivity contribution in [3.05, 3.63) is 0 Å². The number of fused-ring (bicyclic) bond motifs is 1. The van der Waals surface area contributed by atoms with Gasteiger partial charge in [-0.25, -0.2) is 0 Å². The molecule has 2 unspecified atom stereocenters. The second-order valence-electron chi connectivity index (χ2n) is 5.11. The average molecular weight is 286 g/mol. The number of nitrogens with zero attached hydrogens (tertiary/aromatic N) is 2. The van der Waals surface area contributed by atoms with E-state index < -0.39 is 10.8 Å². The van der Waals surface area contributed by atoms with Crippen LogP contribution >= 0.6 is 0 Å². The zero-order valence-electron chi connectivity index (χ0n) is 11.5. The van der Waals surface area contributed by atoms with Gasteiger partial charge in [-0.05, 0) is 19.3 Å². The van der Waals surface area contributed by atoms with Gasteiger partial charge in [-0.15, -0.1) is 0 Å². The zero-order chi connectivity index (χ0) is 13.8. The Morgan fingerprint density at radius 2 is 2.05 bits per heavy atom. The molecule has 0 aromatic carbocycles. The lowest BCUT2D eigenvalue weighted by atomic mass is 10.0. The van der Waals surface area contributed by atoms with Crippen LogP contribution in [0.3, 0.4) is 0 Å². The summed E-state index contributed by atoms with van der Waals surface area (Å²) in [4.78, 5) is 28.0. The van der Waals surface area contributed by atoms with Crippen LogP contribution in [-0.2, 0) is 20.4 Å². The van der Waals surface area contributed by atoms with Crippen LogP contribution in [0.2, 0.25) is 0 Å². The molecule has 19 heavy (non-hydrogen) atoms. The zero-order valence-corrected chi connectivity index (χ0v) is 12.3. The number of rotatable bonds is 4. The number of hydrogen-bond acceptors (Lipinski definition) is 3. The van der Waals surface area contributed by atoms with Gasteiger partial charge in [-0.2, -0.15) is 0 Å². The first-order chi connectivity index (χ1) is 9.13. The molecule has 0 N–H and O–H groups in total. The van der Waals surface area contributed by atoms with Gasteiger partial charge in [0.25, 0.3) is 0 Å². The summed E-state index contributed by atoms with van der Waals surface area (Å²) in [5.74, 6) is 1.29. The lowest BCUT2D eigenvalue weighted by Crippen LogP contribution is -2.50. The van der Waals surface area contributed by atoms with Crippen molar-refractivity contribution in [3.8, 4) is 0 Å². The van der Waals surface area contributed by atoms with E-state index in [1.165, 1.54) is 0 Å². The summed E-state index contributed by atoms with van der Waals surface area (Å²) < 4.78 is 11.5. The maximum absolute atomic E-state index is 12.5. The van der Waals surface area contributed by atoms with Gasteiger partial charge in [0.05, 0.1) is 0 Å². The molecule has 2 atom stereocenters. The Morgan fingerprint density at radius 3 is 2.79 bits per heavy atom. The van der Waals surface area contributed by atoms with E-state index in [0.717, 1.165) is 19.3 Å². The van der Waals surface area contributed by atoms with Crippen molar-refractivity contribution in [1.29, 1.82) is 0 Å². The SMILES string of the molecule is CCS(=O)CCN1CCC(=O)N2CCCCC2C1=O. The lowest BCUT2D eigenvalue weighted by Gasteiger charge is -2.34. The Bertz CT molecular complexity index is 386. The highest BCUT2D eigenvalue weighted by molar-refractivity contribution is 7.84. The summed E-state index contributed by atoms with van der Waals surface area (Å²) in [7, 11) is -0.860. The first-order valence-electron chi connectivity index (χ1n) is 7.06. The van der Waals surface area contributed by atoms with Crippen molar-refractivity contribution in [1.82, 2.24) is 9.80 Å². The maximum Gasteiger partial charge on any atom is 0.245 e. The number of amides is 2. The molecule has 0 aromatic heterocycles. The van der Waals surface area contributed by atoms with Gasteiger partial charge in [0.1, 0.15) is 6.04 Å². The molecule has 2 aliphatic rings. The Balaban J connectivity index is 2.03. The summed E-state index contributed by atoms with van der Waals surface area (Å²) in [5, 5.41) is 0. The van der Waals surface area contributed by atoms with E-state index in [0.29, 0.717) is 37.6 Å². The van der Waals surface area contributed by atoms with Crippen molar-refractivity contribution < 1.29 is 13.8 Å². The molecule has 0 saturated carbocycles. The summed E-state index contributed by atoms with van der Waals surface area (Å²) in [6, 6.07) is -0.265. The highest BCUT2D eigenvalue weighted by atomic mass is 32.2. The van der Waals surface area contributed by atoms with E-state index in [4.69, 9.17) is 0 Å². The Hall–Kier alpha value is -0.910. The molecule has 0 bridgehead atoms. The molecule has 0 radical (unpaired) electrons. The van der Waals surface area contributed by atoms with Crippen molar-refractivity contribution >= 4 is 22.6 Å². The fourth-order valence-electron chi connectivity index (χ4n) is 2.76. The van der Waals surface area contributed by atoms with E-state index >= 15 is 0 Å². The molecular formula is C13H22N2O3S. The fraction of sp³-hybridized carbons (Fsp3) is 0.846. The van der Waals surface area contributed by atoms with Crippen LogP contribution in [0.1, 0.15) is 32.6 Å². The minimum absolute atomic E-state index is 0.0543. The molecule has 6 heteroatoms. The van der Waals surface area contributed by atoms with Crippen LogP contribution in [0, 0.1) is 0 Å². The molecule has 0 aliphatic carbocycles. The van der Waals surface area contributed by atoms with Gasteiger partial charge < -0.3 is 9.80 Å². The molecule has 2 heterocycles. The molecular weight excluding hydrogens is 264 g/mol. The third-order valence-electron chi connectivity index (χ3n) is 3.93. The minimum Gasteiger partial charge on any atom is -0.339 e. The quantitative estimate of drug-likeness (QED) is 0.750. The van der Waals surface area contributed by atoms with Gasteiger partial charge in [0.15, 0.2) is 0 Å². The average Bonchev–Trinajstić information content (AvgIpc) is 2.56. The Morgan fingerprint density at radius 1 is 1.26 bits per heavy atom. The van der Waals surface area contributed by atoms with Crippen LogP contribution in [0.25, 0.3) is 0 Å². The van der Waals surface area contributed by atoms with Crippen LogP contribution in [0.15, 0.2) is 0 Å². The molecule has 5 nitrogen and oxygen atoms in total. The highest BCUT2D eigenvalue weighted by Crippen LogP contribution is 2.22. The van der Waals surface area contributed by atoms with E-state index in [-0.39, 0.29) is 17.9 Å². The molecule has 0 aromatic rings. The van der Waals surface area contributed by atoms with Gasteiger partial charge in [-0.1, -0.05) is 6.92 Å². The second kappa shape index (κ2) is 6.50. The Kier molecular flexibility index (Phi) is 4.96. The van der Waals surface area contributed by atoms with Crippen LogP contribution in [0.4, 0.5) is 0 Å². The van der Waals surface area contributed by atoms with E-state index in [2.05, 4.69) is 0 Å². The first-order valence-corrected chi connectivity index (χ1v) is 8.55. The molecule has 2 fully saturated rings. The summed E-state index contributed by atoms with van der Waals surface area (Å²) >= 11 is 0. The van der Waals surface area contributed by atoms with Crippen molar-refractivity contribution in [2.24, 2.45) is 0 Å². The first kappa shape index (κ1) is 14.5. The maximum atomic E-state index is 12.5. The van der Waals surface area contributed by atoms with Gasteiger partial charge >= 0.3 is 0 Å². The van der Waals surface area contributed by atoms with Crippen LogP contribution in [0.5, 0.6) is 0 Å². The van der Waals surface area contributed by atoms with E-state index in [9.17, 15) is 13.8 Å². The largest absolute Gasteiger partial charge is 0.339 e. The summed E-state index contributed by atoms with van der Waals surface area (Å²) in [6.45, 7) is 3.58.